The van der Waals surface area contributed by atoms with Crippen LogP contribution < -0.4 is 12.4 Å². The van der Waals surface area contributed by atoms with Crippen molar-refractivity contribution in [2.75, 3.05) is 27.7 Å². The molecular formula is C19H40ClNO2. The van der Waals surface area contributed by atoms with Gasteiger partial charge in [-0.2, -0.15) is 0 Å². The minimum atomic E-state index is -0.789. The van der Waals surface area contributed by atoms with Crippen molar-refractivity contribution >= 4 is 5.78 Å². The zero-order chi connectivity index (χ0) is 16.8. The smallest absolute Gasteiger partial charge is 0.167 e. The van der Waals surface area contributed by atoms with Crippen molar-refractivity contribution in [2.45, 2.75) is 90.1 Å². The van der Waals surface area contributed by atoms with Crippen LogP contribution in [0.2, 0.25) is 0 Å². The normalized spacial score (nSPS) is 12.7. The largest absolute Gasteiger partial charge is 1.00 e. The summed E-state index contributed by atoms with van der Waals surface area (Å²) < 4.78 is 0.630. The molecule has 1 unspecified atom stereocenters. The first-order valence-electron chi connectivity index (χ1n) is 9.38. The van der Waals surface area contributed by atoms with Gasteiger partial charge in [-0.25, -0.2) is 0 Å². The number of aliphatic hydroxyl groups excluding tert-OH is 1. The molecule has 0 spiro atoms. The van der Waals surface area contributed by atoms with Gasteiger partial charge in [0.25, 0.3) is 0 Å². The summed E-state index contributed by atoms with van der Waals surface area (Å²) in [6, 6.07) is 0. The number of nitrogens with zero attached hydrogens (tertiary/aromatic N) is 1. The Morgan fingerprint density at radius 1 is 0.826 bits per heavy atom. The van der Waals surface area contributed by atoms with Gasteiger partial charge in [-0.3, -0.25) is 4.79 Å². The van der Waals surface area contributed by atoms with Gasteiger partial charge >= 0.3 is 0 Å². The summed E-state index contributed by atoms with van der Waals surface area (Å²) >= 11 is 0. The van der Waals surface area contributed by atoms with Crippen LogP contribution in [0.25, 0.3) is 0 Å². The van der Waals surface area contributed by atoms with Gasteiger partial charge in [0.2, 0.25) is 0 Å². The Morgan fingerprint density at radius 2 is 1.22 bits per heavy atom. The molecule has 0 radical (unpaired) electrons. The summed E-state index contributed by atoms with van der Waals surface area (Å²) in [6.45, 7) is 2.77. The molecule has 0 aliphatic carbocycles. The number of carbonyl (C=O) groups is 1. The fourth-order valence-electron chi connectivity index (χ4n) is 2.75. The third-order valence-corrected chi connectivity index (χ3v) is 4.12. The Hall–Kier alpha value is -0.120. The lowest BCUT2D eigenvalue weighted by molar-refractivity contribution is -0.872. The lowest BCUT2D eigenvalue weighted by Crippen LogP contribution is -3.00. The van der Waals surface area contributed by atoms with Gasteiger partial charge in [-0.05, 0) is 6.42 Å². The fourth-order valence-corrected chi connectivity index (χ4v) is 2.75. The molecule has 0 amide bonds. The second kappa shape index (κ2) is 15.4. The molecule has 0 fully saturated rings. The molecule has 3 nitrogen and oxygen atoms in total. The molecule has 0 bridgehead atoms. The molecule has 0 aromatic rings. The number of Topliss-reactive ketones (excluding diaryl/α,β-unsaturated/α-hetero) is 1. The van der Waals surface area contributed by atoms with E-state index in [2.05, 4.69) is 6.92 Å². The monoisotopic (exact) mass is 349 g/mol. The Bertz CT molecular complexity index is 277. The minimum absolute atomic E-state index is 0. The van der Waals surface area contributed by atoms with E-state index in [4.69, 9.17) is 0 Å². The Labute approximate surface area is 150 Å². The van der Waals surface area contributed by atoms with Gasteiger partial charge < -0.3 is 22.0 Å². The van der Waals surface area contributed by atoms with Gasteiger partial charge in [-0.15, -0.1) is 0 Å². The molecule has 0 aliphatic heterocycles. The SMILES string of the molecule is CCCCCCCCCCCCCC(=O)C(O)C[N+](C)(C)C.[Cl-]. The molecule has 140 valence electrons. The highest BCUT2D eigenvalue weighted by molar-refractivity contribution is 5.82. The third kappa shape index (κ3) is 18.1. The van der Waals surface area contributed by atoms with Crippen molar-refractivity contribution in [3.8, 4) is 0 Å². The van der Waals surface area contributed by atoms with E-state index in [1.54, 1.807) is 0 Å². The number of ketones is 1. The number of rotatable bonds is 15. The van der Waals surface area contributed by atoms with Gasteiger partial charge in [0.1, 0.15) is 6.54 Å². The van der Waals surface area contributed by atoms with E-state index >= 15 is 0 Å². The number of hydrogen-bond donors (Lipinski definition) is 1. The highest BCUT2D eigenvalue weighted by Gasteiger charge is 2.21. The van der Waals surface area contributed by atoms with E-state index in [1.165, 1.54) is 57.8 Å². The van der Waals surface area contributed by atoms with E-state index in [9.17, 15) is 9.90 Å². The summed E-state index contributed by atoms with van der Waals surface area (Å²) in [4.78, 5) is 11.8. The molecule has 0 aliphatic rings. The summed E-state index contributed by atoms with van der Waals surface area (Å²) in [5.74, 6) is 0.0176. The summed E-state index contributed by atoms with van der Waals surface area (Å²) in [5, 5.41) is 9.85. The second-order valence-electron chi connectivity index (χ2n) is 7.74. The number of carbonyl (C=O) groups excluding carboxylic acids is 1. The summed E-state index contributed by atoms with van der Waals surface area (Å²) in [6.07, 6.45) is 13.9. The second-order valence-corrected chi connectivity index (χ2v) is 7.74. The number of unbranched alkanes of at least 4 members (excludes halogenated alkanes) is 10. The van der Waals surface area contributed by atoms with E-state index in [-0.39, 0.29) is 18.2 Å². The molecular weight excluding hydrogens is 310 g/mol. The molecule has 0 heterocycles. The lowest BCUT2D eigenvalue weighted by Gasteiger charge is -2.26. The van der Waals surface area contributed by atoms with Crippen LogP contribution >= 0.6 is 0 Å². The number of quaternary nitrogens is 1. The molecule has 0 saturated carbocycles. The van der Waals surface area contributed by atoms with Crippen molar-refractivity contribution in [3.63, 3.8) is 0 Å². The topological polar surface area (TPSA) is 37.3 Å². The van der Waals surface area contributed by atoms with Gasteiger partial charge in [0.15, 0.2) is 11.9 Å². The standard InChI is InChI=1S/C19H40NO2.ClH/c1-5-6-7-8-9-10-11-12-13-14-15-16-18(21)19(22)17-20(2,3)4;/h19,22H,5-17H2,1-4H3;1H/q+1;/p-1. The zero-order valence-corrected chi connectivity index (χ0v) is 16.7. The fraction of sp³-hybridized carbons (Fsp3) is 0.947. The minimum Gasteiger partial charge on any atom is -1.00 e. The Morgan fingerprint density at radius 3 is 1.61 bits per heavy atom. The third-order valence-electron chi connectivity index (χ3n) is 4.12. The quantitative estimate of drug-likeness (QED) is 0.358. The van der Waals surface area contributed by atoms with Crippen molar-refractivity contribution in [1.29, 1.82) is 0 Å². The highest BCUT2D eigenvalue weighted by atomic mass is 35.5. The van der Waals surface area contributed by atoms with Crippen LogP contribution in [0.4, 0.5) is 0 Å². The van der Waals surface area contributed by atoms with Crippen LogP contribution in [0.3, 0.4) is 0 Å². The number of aliphatic hydroxyl groups is 1. The predicted octanol–water partition coefficient (Wildman–Crippen LogP) is 1.33. The van der Waals surface area contributed by atoms with Crippen LogP contribution in [0.15, 0.2) is 0 Å². The Balaban J connectivity index is 0. The van der Waals surface area contributed by atoms with Crippen LogP contribution in [0, 0.1) is 0 Å². The highest BCUT2D eigenvalue weighted by Crippen LogP contribution is 2.12. The number of likely N-dealkylation sites (N-methyl/N-ethyl adjacent to an activating group) is 1. The zero-order valence-electron chi connectivity index (χ0n) is 16.0. The van der Waals surface area contributed by atoms with E-state index in [0.29, 0.717) is 17.4 Å². The van der Waals surface area contributed by atoms with E-state index in [1.807, 2.05) is 21.1 Å². The maximum absolute atomic E-state index is 11.8. The van der Waals surface area contributed by atoms with E-state index < -0.39 is 6.10 Å². The average molecular weight is 350 g/mol. The molecule has 23 heavy (non-hydrogen) atoms. The first kappa shape index (κ1) is 25.1. The molecule has 0 aromatic carbocycles. The average Bonchev–Trinajstić information content (AvgIpc) is 2.42. The summed E-state index contributed by atoms with van der Waals surface area (Å²) in [7, 11) is 6.00. The number of hydrogen-bond acceptors (Lipinski definition) is 2. The van der Waals surface area contributed by atoms with Crippen LogP contribution in [-0.4, -0.2) is 49.2 Å². The molecule has 0 aromatic heterocycles. The van der Waals surface area contributed by atoms with Crippen LogP contribution in [0.1, 0.15) is 84.0 Å². The van der Waals surface area contributed by atoms with Crippen molar-refractivity contribution in [2.24, 2.45) is 0 Å². The maximum Gasteiger partial charge on any atom is 0.167 e. The maximum atomic E-state index is 11.8. The molecule has 0 rings (SSSR count). The van der Waals surface area contributed by atoms with Gasteiger partial charge in [-0.1, -0.05) is 71.1 Å². The van der Waals surface area contributed by atoms with Crippen molar-refractivity contribution in [3.05, 3.63) is 0 Å². The summed E-state index contributed by atoms with van der Waals surface area (Å²) in [5.41, 5.74) is 0. The number of halogens is 1. The first-order chi connectivity index (χ1) is 10.4. The molecule has 1 N–H and O–H groups in total. The van der Waals surface area contributed by atoms with E-state index in [0.717, 1.165) is 12.8 Å². The predicted molar refractivity (Wildman–Crippen MR) is 95.0 cm³/mol. The first-order valence-corrected chi connectivity index (χ1v) is 9.38. The van der Waals surface area contributed by atoms with Crippen LogP contribution in [-0.2, 0) is 4.79 Å². The van der Waals surface area contributed by atoms with Crippen molar-refractivity contribution < 1.29 is 26.8 Å². The molecule has 4 heteroatoms. The lowest BCUT2D eigenvalue weighted by atomic mass is 10.0. The Kier molecular flexibility index (Phi) is 16.8. The van der Waals surface area contributed by atoms with Gasteiger partial charge in [0.05, 0.1) is 21.1 Å². The van der Waals surface area contributed by atoms with Gasteiger partial charge in [0, 0.05) is 6.42 Å². The molecule has 0 saturated heterocycles. The molecule has 1 atom stereocenters. The van der Waals surface area contributed by atoms with Crippen molar-refractivity contribution in [1.82, 2.24) is 0 Å². The van der Waals surface area contributed by atoms with Crippen LogP contribution in [0.5, 0.6) is 0 Å².